The molecule has 0 aliphatic heterocycles. The fourth-order valence-electron chi connectivity index (χ4n) is 9.12. The summed E-state index contributed by atoms with van der Waals surface area (Å²) in [6.45, 7) is 4.85. The van der Waals surface area contributed by atoms with Crippen LogP contribution in [0.2, 0.25) is 0 Å². The van der Waals surface area contributed by atoms with Crippen molar-refractivity contribution in [1.29, 1.82) is 0 Å². The first kappa shape index (κ1) is 68.7. The van der Waals surface area contributed by atoms with Gasteiger partial charge in [0.1, 0.15) is 13.2 Å². The predicted molar refractivity (Wildman–Crippen MR) is 304 cm³/mol. The summed E-state index contributed by atoms with van der Waals surface area (Å²) < 4.78 is 23.6. The zero-order valence-electron chi connectivity index (χ0n) is 47.3. The Morgan fingerprint density at radius 2 is 0.814 bits per heavy atom. The van der Waals surface area contributed by atoms with Gasteiger partial charge < -0.3 is 19.8 Å². The van der Waals surface area contributed by atoms with Crippen LogP contribution in [0.4, 0.5) is 0 Å². The quantitative estimate of drug-likeness (QED) is 0.0243. The minimum Gasteiger partial charge on any atom is -0.391 e. The largest absolute Gasteiger partial charge is 0.472 e. The second-order valence-corrected chi connectivity index (χ2v) is 23.5. The van der Waals surface area contributed by atoms with E-state index in [1.54, 1.807) is 0 Å². The van der Waals surface area contributed by atoms with Crippen molar-refractivity contribution < 1.29 is 32.9 Å². The third-order valence-electron chi connectivity index (χ3n) is 13.9. The number of phosphoric ester groups is 1. The number of likely N-dealkylation sites (N-methyl/N-ethyl adjacent to an activating group) is 1. The number of amides is 1. The standard InChI is InChI=1S/C61H119N2O6P/c1-6-8-10-12-14-15-16-17-18-19-20-21-22-23-24-25-26-27-28-29-30-31-32-33-34-35-36-37-38-39-40-41-42-43-44-45-46-47-49-51-53-55-61(65)62-59(60(64)54-52-50-48-13-11-9-7-2)58-69-70(66,67)68-57-56-63(3,4)5/h16-17,19-20,22-23,59-60,64H,6-15,18,21,24-58H2,1-5H3,(H-,62,65,66,67)/p+1/b17-16-,20-19-,23-22-. The number of carbonyl (C=O) groups excluding carboxylic acids is 1. The number of nitrogens with one attached hydrogen (secondary N) is 1. The van der Waals surface area contributed by atoms with Crippen molar-refractivity contribution in [3.63, 3.8) is 0 Å². The molecular formula is C61H120N2O6P+. The lowest BCUT2D eigenvalue weighted by Crippen LogP contribution is -2.46. The number of hydrogen-bond donors (Lipinski definition) is 3. The van der Waals surface area contributed by atoms with Crippen molar-refractivity contribution in [2.24, 2.45) is 0 Å². The summed E-state index contributed by atoms with van der Waals surface area (Å²) in [6.07, 6.45) is 68.4. The molecule has 3 unspecified atom stereocenters. The van der Waals surface area contributed by atoms with Gasteiger partial charge in [-0.15, -0.1) is 0 Å². The van der Waals surface area contributed by atoms with E-state index in [0.717, 1.165) is 51.4 Å². The molecule has 0 fully saturated rings. The van der Waals surface area contributed by atoms with E-state index in [-0.39, 0.29) is 19.1 Å². The van der Waals surface area contributed by atoms with Crippen LogP contribution in [0.1, 0.15) is 296 Å². The van der Waals surface area contributed by atoms with Crippen LogP contribution in [-0.2, 0) is 18.4 Å². The maximum Gasteiger partial charge on any atom is 0.472 e. The molecule has 0 saturated heterocycles. The van der Waals surface area contributed by atoms with Crippen molar-refractivity contribution in [3.8, 4) is 0 Å². The fraction of sp³-hybridized carbons (Fsp3) is 0.885. The van der Waals surface area contributed by atoms with E-state index >= 15 is 0 Å². The smallest absolute Gasteiger partial charge is 0.391 e. The van der Waals surface area contributed by atoms with E-state index in [4.69, 9.17) is 9.05 Å². The minimum atomic E-state index is -4.31. The zero-order valence-corrected chi connectivity index (χ0v) is 48.2. The predicted octanol–water partition coefficient (Wildman–Crippen LogP) is 18.5. The van der Waals surface area contributed by atoms with Crippen LogP contribution in [0, 0.1) is 0 Å². The summed E-state index contributed by atoms with van der Waals surface area (Å²) >= 11 is 0. The molecule has 0 saturated carbocycles. The van der Waals surface area contributed by atoms with E-state index < -0.39 is 20.0 Å². The second kappa shape index (κ2) is 52.6. The molecule has 0 aromatic heterocycles. The molecule has 0 bridgehead atoms. The Kier molecular flexibility index (Phi) is 51.6. The lowest BCUT2D eigenvalue weighted by Gasteiger charge is -2.26. The molecule has 8 nitrogen and oxygen atoms in total. The first-order chi connectivity index (χ1) is 34.0. The summed E-state index contributed by atoms with van der Waals surface area (Å²) in [6, 6.07) is -0.755. The molecule has 0 radical (unpaired) electrons. The molecule has 1 amide bonds. The van der Waals surface area contributed by atoms with Gasteiger partial charge in [-0.25, -0.2) is 4.57 Å². The highest BCUT2D eigenvalue weighted by Crippen LogP contribution is 2.43. The van der Waals surface area contributed by atoms with Gasteiger partial charge in [0.25, 0.3) is 0 Å². The number of phosphoric acid groups is 1. The van der Waals surface area contributed by atoms with Gasteiger partial charge in [-0.05, 0) is 51.4 Å². The summed E-state index contributed by atoms with van der Waals surface area (Å²) in [7, 11) is 1.62. The summed E-state index contributed by atoms with van der Waals surface area (Å²) in [5.41, 5.74) is 0. The van der Waals surface area contributed by atoms with Crippen LogP contribution in [0.5, 0.6) is 0 Å². The summed E-state index contributed by atoms with van der Waals surface area (Å²) in [5, 5.41) is 13.9. The number of unbranched alkanes of at least 4 members (excludes halogenated alkanes) is 37. The van der Waals surface area contributed by atoms with Gasteiger partial charge in [-0.2, -0.15) is 0 Å². The Morgan fingerprint density at radius 3 is 1.19 bits per heavy atom. The van der Waals surface area contributed by atoms with E-state index in [1.165, 1.54) is 218 Å². The molecule has 414 valence electrons. The van der Waals surface area contributed by atoms with Crippen LogP contribution < -0.4 is 5.32 Å². The first-order valence-electron chi connectivity index (χ1n) is 30.4. The lowest BCUT2D eigenvalue weighted by molar-refractivity contribution is -0.870. The molecule has 3 N–H and O–H groups in total. The highest BCUT2D eigenvalue weighted by atomic mass is 31.2. The van der Waals surface area contributed by atoms with Crippen LogP contribution >= 0.6 is 7.82 Å². The summed E-state index contributed by atoms with van der Waals surface area (Å²) in [5.74, 6) is -0.144. The van der Waals surface area contributed by atoms with Gasteiger partial charge in [0, 0.05) is 6.42 Å². The summed E-state index contributed by atoms with van der Waals surface area (Å²) in [4.78, 5) is 23.1. The SMILES string of the molecule is CCCCCCC/C=C\C/C=C\C/C=C\CCCCCCCCCCCCCCCCCCCCCCCCCCCCC(=O)NC(COP(=O)(O)OCC[N+](C)(C)C)C(O)CCCCCCCCC. The Bertz CT molecular complexity index is 1230. The second-order valence-electron chi connectivity index (χ2n) is 22.1. The number of nitrogens with zero attached hydrogens (tertiary/aromatic N) is 1. The molecule has 9 heteroatoms. The highest BCUT2D eigenvalue weighted by molar-refractivity contribution is 7.47. The Balaban J connectivity index is 3.70. The molecule has 0 aliphatic rings. The first-order valence-corrected chi connectivity index (χ1v) is 31.8. The molecule has 0 aliphatic carbocycles. The number of carbonyl (C=O) groups is 1. The van der Waals surface area contributed by atoms with Gasteiger partial charge in [0.05, 0.1) is 39.9 Å². The average Bonchev–Trinajstić information content (AvgIpc) is 3.32. The molecule has 3 atom stereocenters. The van der Waals surface area contributed by atoms with Crippen molar-refractivity contribution >= 4 is 13.7 Å². The van der Waals surface area contributed by atoms with Crippen LogP contribution in [0.3, 0.4) is 0 Å². The lowest BCUT2D eigenvalue weighted by atomic mass is 10.0. The molecular weight excluding hydrogens is 888 g/mol. The molecule has 0 heterocycles. The maximum absolute atomic E-state index is 12.9. The van der Waals surface area contributed by atoms with Crippen LogP contribution in [-0.4, -0.2) is 73.4 Å². The van der Waals surface area contributed by atoms with E-state index in [9.17, 15) is 19.4 Å². The van der Waals surface area contributed by atoms with Crippen LogP contribution in [0.25, 0.3) is 0 Å². The van der Waals surface area contributed by atoms with E-state index in [1.807, 2.05) is 21.1 Å². The number of quaternary nitrogens is 1. The van der Waals surface area contributed by atoms with Crippen molar-refractivity contribution in [3.05, 3.63) is 36.5 Å². The molecule has 0 aromatic carbocycles. The molecule has 70 heavy (non-hydrogen) atoms. The monoisotopic (exact) mass is 1010 g/mol. The Morgan fingerprint density at radius 1 is 0.486 bits per heavy atom. The normalized spacial score (nSPS) is 14.1. The number of hydrogen-bond acceptors (Lipinski definition) is 5. The number of rotatable bonds is 56. The average molecular weight is 1010 g/mol. The number of allylic oxidation sites excluding steroid dienone is 6. The van der Waals surface area contributed by atoms with Gasteiger partial charge in [-0.3, -0.25) is 13.8 Å². The van der Waals surface area contributed by atoms with E-state index in [0.29, 0.717) is 23.9 Å². The molecule has 0 spiro atoms. The Labute approximate surface area is 436 Å². The topological polar surface area (TPSA) is 105 Å². The maximum atomic E-state index is 12.9. The number of aliphatic hydroxyl groups is 1. The van der Waals surface area contributed by atoms with Gasteiger partial charge in [-0.1, -0.05) is 275 Å². The zero-order chi connectivity index (χ0) is 51.3. The van der Waals surface area contributed by atoms with Gasteiger partial charge in [0.2, 0.25) is 5.91 Å². The van der Waals surface area contributed by atoms with Crippen molar-refractivity contribution in [1.82, 2.24) is 5.32 Å². The number of aliphatic hydroxyl groups excluding tert-OH is 1. The third-order valence-corrected chi connectivity index (χ3v) is 14.9. The highest BCUT2D eigenvalue weighted by Gasteiger charge is 2.28. The third kappa shape index (κ3) is 54.5. The fourth-order valence-corrected chi connectivity index (χ4v) is 9.85. The van der Waals surface area contributed by atoms with Crippen molar-refractivity contribution in [2.45, 2.75) is 309 Å². The van der Waals surface area contributed by atoms with Crippen molar-refractivity contribution in [2.75, 3.05) is 40.9 Å². The molecule has 0 rings (SSSR count). The van der Waals surface area contributed by atoms with Crippen LogP contribution in [0.15, 0.2) is 36.5 Å². The van der Waals surface area contributed by atoms with Gasteiger partial charge >= 0.3 is 7.82 Å². The molecule has 0 aromatic rings. The Hall–Kier alpha value is -1.28. The van der Waals surface area contributed by atoms with E-state index in [2.05, 4.69) is 55.6 Å². The van der Waals surface area contributed by atoms with Gasteiger partial charge in [0.15, 0.2) is 0 Å². The minimum absolute atomic E-state index is 0.0762.